The Kier molecular flexibility index (Phi) is 5.72. The van der Waals surface area contributed by atoms with Gasteiger partial charge >= 0.3 is 0 Å². The third-order valence-electron chi connectivity index (χ3n) is 5.19. The first-order chi connectivity index (χ1) is 11.2. The summed E-state index contributed by atoms with van der Waals surface area (Å²) >= 11 is 3.54. The van der Waals surface area contributed by atoms with Crippen molar-refractivity contribution in [3.63, 3.8) is 0 Å². The Morgan fingerprint density at radius 1 is 1.26 bits per heavy atom. The highest BCUT2D eigenvalue weighted by molar-refractivity contribution is 9.10. The molecule has 1 saturated heterocycles. The lowest BCUT2D eigenvalue weighted by atomic mass is 9.78. The molecule has 1 amide bonds. The molecule has 126 valence electrons. The van der Waals surface area contributed by atoms with Gasteiger partial charge in [-0.2, -0.15) is 0 Å². The van der Waals surface area contributed by atoms with E-state index < -0.39 is 0 Å². The molecule has 1 aromatic rings. The average molecular weight is 380 g/mol. The molecule has 2 aliphatic rings. The van der Waals surface area contributed by atoms with Crippen LogP contribution >= 0.6 is 15.9 Å². The molecule has 23 heavy (non-hydrogen) atoms. The third kappa shape index (κ3) is 3.95. The topological polar surface area (TPSA) is 44.4 Å². The number of nitrogens with one attached hydrogen (secondary N) is 2. The number of carbonyl (C=O) groups excluding carboxylic acids is 1. The van der Waals surface area contributed by atoms with E-state index >= 15 is 0 Å². The molecule has 1 aromatic carbocycles. The summed E-state index contributed by atoms with van der Waals surface area (Å²) in [5.74, 6) is 0.211. The molecular weight excluding hydrogens is 354 g/mol. The van der Waals surface area contributed by atoms with Crippen LogP contribution in [0.25, 0.3) is 0 Å². The monoisotopic (exact) mass is 379 g/mol. The van der Waals surface area contributed by atoms with Gasteiger partial charge in [-0.3, -0.25) is 9.69 Å². The molecule has 0 aromatic heterocycles. The second-order valence-electron chi connectivity index (χ2n) is 6.65. The first-order valence-corrected chi connectivity index (χ1v) is 9.47. The van der Waals surface area contributed by atoms with Crippen molar-refractivity contribution in [2.45, 2.75) is 31.1 Å². The van der Waals surface area contributed by atoms with Crippen molar-refractivity contribution in [3.8, 4) is 0 Å². The van der Waals surface area contributed by atoms with E-state index in [0.717, 1.165) is 75.0 Å². The lowest BCUT2D eigenvalue weighted by molar-refractivity contribution is -0.126. The Bertz CT molecular complexity index is 537. The lowest BCUT2D eigenvalue weighted by Gasteiger charge is -2.30. The molecule has 1 heterocycles. The van der Waals surface area contributed by atoms with Crippen molar-refractivity contribution >= 4 is 21.8 Å². The van der Waals surface area contributed by atoms with E-state index in [2.05, 4.69) is 43.6 Å². The van der Waals surface area contributed by atoms with Gasteiger partial charge in [0.15, 0.2) is 0 Å². The number of carbonyl (C=O) groups is 1. The minimum absolute atomic E-state index is 0.211. The fraction of sp³-hybridized carbons (Fsp3) is 0.611. The Hall–Kier alpha value is -0.910. The fourth-order valence-electron chi connectivity index (χ4n) is 3.84. The summed E-state index contributed by atoms with van der Waals surface area (Å²) < 4.78 is 1.05. The molecule has 2 fully saturated rings. The van der Waals surface area contributed by atoms with Crippen LogP contribution in [-0.4, -0.2) is 50.1 Å². The number of hydrogen-bond donors (Lipinski definition) is 2. The molecule has 0 spiro atoms. The number of halogens is 1. The largest absolute Gasteiger partial charge is 0.354 e. The van der Waals surface area contributed by atoms with Crippen molar-refractivity contribution in [2.75, 3.05) is 39.3 Å². The van der Waals surface area contributed by atoms with Gasteiger partial charge < -0.3 is 10.6 Å². The van der Waals surface area contributed by atoms with Crippen LogP contribution in [0.15, 0.2) is 28.7 Å². The van der Waals surface area contributed by atoms with Gasteiger partial charge in [0, 0.05) is 43.7 Å². The first kappa shape index (κ1) is 16.9. The quantitative estimate of drug-likeness (QED) is 0.824. The van der Waals surface area contributed by atoms with Gasteiger partial charge in [0.1, 0.15) is 0 Å². The Labute approximate surface area is 147 Å². The van der Waals surface area contributed by atoms with Gasteiger partial charge in [-0.1, -0.05) is 40.9 Å². The number of hydrogen-bond acceptors (Lipinski definition) is 3. The lowest BCUT2D eigenvalue weighted by Crippen LogP contribution is -2.48. The van der Waals surface area contributed by atoms with E-state index in [9.17, 15) is 4.79 Å². The van der Waals surface area contributed by atoms with Gasteiger partial charge in [0.25, 0.3) is 0 Å². The van der Waals surface area contributed by atoms with Crippen LogP contribution in [0.4, 0.5) is 0 Å². The highest BCUT2D eigenvalue weighted by Crippen LogP contribution is 2.42. The maximum absolute atomic E-state index is 13.0. The molecule has 0 radical (unpaired) electrons. The van der Waals surface area contributed by atoms with E-state index in [-0.39, 0.29) is 11.3 Å². The van der Waals surface area contributed by atoms with Crippen LogP contribution in [-0.2, 0) is 10.2 Å². The standard InChI is InChI=1S/C18H26BrN3O/c19-16-5-3-4-15(14-16)18(6-1-2-7-18)17(23)21-10-13-22-11-8-20-9-12-22/h3-5,14,20H,1-2,6-13H2,(H,21,23). The molecule has 0 unspecified atom stereocenters. The van der Waals surface area contributed by atoms with Crippen LogP contribution in [0, 0.1) is 0 Å². The summed E-state index contributed by atoms with van der Waals surface area (Å²) in [6, 6.07) is 8.27. The van der Waals surface area contributed by atoms with E-state index in [0.29, 0.717) is 0 Å². The summed E-state index contributed by atoms with van der Waals surface area (Å²) in [6.45, 7) is 5.95. The maximum atomic E-state index is 13.0. The fourth-order valence-corrected chi connectivity index (χ4v) is 4.24. The molecule has 0 bridgehead atoms. The van der Waals surface area contributed by atoms with Crippen molar-refractivity contribution < 1.29 is 4.79 Å². The minimum atomic E-state index is -0.326. The van der Waals surface area contributed by atoms with Crippen molar-refractivity contribution in [3.05, 3.63) is 34.3 Å². The molecule has 3 rings (SSSR count). The zero-order chi connectivity index (χ0) is 16.1. The Balaban J connectivity index is 1.62. The smallest absolute Gasteiger partial charge is 0.230 e. The van der Waals surface area contributed by atoms with Crippen molar-refractivity contribution in [1.82, 2.24) is 15.5 Å². The molecule has 2 N–H and O–H groups in total. The summed E-state index contributed by atoms with van der Waals surface area (Å²) in [5, 5.41) is 6.57. The van der Waals surface area contributed by atoms with Gasteiger partial charge in [-0.15, -0.1) is 0 Å². The zero-order valence-electron chi connectivity index (χ0n) is 13.6. The number of benzene rings is 1. The average Bonchev–Trinajstić information content (AvgIpc) is 3.07. The first-order valence-electron chi connectivity index (χ1n) is 8.68. The summed E-state index contributed by atoms with van der Waals surface area (Å²) in [6.07, 6.45) is 4.20. The summed E-state index contributed by atoms with van der Waals surface area (Å²) in [7, 11) is 0. The maximum Gasteiger partial charge on any atom is 0.230 e. The number of amides is 1. The zero-order valence-corrected chi connectivity index (χ0v) is 15.2. The SMILES string of the molecule is O=C(NCCN1CCNCC1)C1(c2cccc(Br)c2)CCCC1. The molecule has 1 saturated carbocycles. The van der Waals surface area contributed by atoms with E-state index in [1.807, 2.05) is 12.1 Å². The van der Waals surface area contributed by atoms with Gasteiger partial charge in [0.05, 0.1) is 5.41 Å². The molecule has 5 heteroatoms. The Morgan fingerprint density at radius 2 is 2.00 bits per heavy atom. The van der Waals surface area contributed by atoms with Crippen molar-refractivity contribution in [2.24, 2.45) is 0 Å². The van der Waals surface area contributed by atoms with E-state index in [1.54, 1.807) is 0 Å². The highest BCUT2D eigenvalue weighted by Gasteiger charge is 2.42. The van der Waals surface area contributed by atoms with E-state index in [4.69, 9.17) is 0 Å². The minimum Gasteiger partial charge on any atom is -0.354 e. The van der Waals surface area contributed by atoms with Crippen LogP contribution in [0.5, 0.6) is 0 Å². The molecule has 4 nitrogen and oxygen atoms in total. The van der Waals surface area contributed by atoms with Crippen LogP contribution in [0.1, 0.15) is 31.2 Å². The van der Waals surface area contributed by atoms with Crippen LogP contribution in [0.3, 0.4) is 0 Å². The predicted molar refractivity (Wildman–Crippen MR) is 96.6 cm³/mol. The van der Waals surface area contributed by atoms with Crippen LogP contribution in [0.2, 0.25) is 0 Å². The van der Waals surface area contributed by atoms with Gasteiger partial charge in [-0.05, 0) is 30.5 Å². The molecule has 1 aliphatic carbocycles. The molecule has 0 atom stereocenters. The third-order valence-corrected chi connectivity index (χ3v) is 5.69. The second-order valence-corrected chi connectivity index (χ2v) is 7.56. The summed E-state index contributed by atoms with van der Waals surface area (Å²) in [4.78, 5) is 15.4. The van der Waals surface area contributed by atoms with Gasteiger partial charge in [0.2, 0.25) is 5.91 Å². The normalized spacial score (nSPS) is 21.3. The molecular formula is C18H26BrN3O. The second kappa shape index (κ2) is 7.77. The van der Waals surface area contributed by atoms with Crippen molar-refractivity contribution in [1.29, 1.82) is 0 Å². The highest BCUT2D eigenvalue weighted by atomic mass is 79.9. The van der Waals surface area contributed by atoms with E-state index in [1.165, 1.54) is 0 Å². The van der Waals surface area contributed by atoms with Crippen LogP contribution < -0.4 is 10.6 Å². The predicted octanol–water partition coefficient (Wildman–Crippen LogP) is 2.28. The number of rotatable bonds is 5. The number of piperazine rings is 1. The number of nitrogens with zero attached hydrogens (tertiary/aromatic N) is 1. The van der Waals surface area contributed by atoms with Gasteiger partial charge in [-0.25, -0.2) is 0 Å². The molecule has 1 aliphatic heterocycles. The summed E-state index contributed by atoms with van der Waals surface area (Å²) in [5.41, 5.74) is 0.830. The Morgan fingerprint density at radius 3 is 2.70 bits per heavy atom.